The molecule has 0 aromatic heterocycles. The summed E-state index contributed by atoms with van der Waals surface area (Å²) in [4.78, 5) is 25.5. The SMILES string of the molecule is CC(C)(C)OC(=O)Nc1cccc(N2CC(CN)CC2=O)c1. The number of benzene rings is 1. The second kappa shape index (κ2) is 6.36. The van der Waals surface area contributed by atoms with E-state index in [1.54, 1.807) is 43.9 Å². The summed E-state index contributed by atoms with van der Waals surface area (Å²) in [6.45, 7) is 6.53. The number of nitrogens with zero attached hydrogens (tertiary/aromatic N) is 1. The summed E-state index contributed by atoms with van der Waals surface area (Å²) in [5.41, 5.74) is 6.44. The standard InChI is InChI=1S/C16H23N3O3/c1-16(2,3)22-15(21)18-12-5-4-6-13(8-12)19-10-11(9-17)7-14(19)20/h4-6,8,11H,7,9-10,17H2,1-3H3,(H,18,21). The van der Waals surface area contributed by atoms with E-state index < -0.39 is 11.7 Å². The van der Waals surface area contributed by atoms with Gasteiger partial charge in [-0.3, -0.25) is 10.1 Å². The summed E-state index contributed by atoms with van der Waals surface area (Å²) < 4.78 is 5.22. The van der Waals surface area contributed by atoms with Crippen LogP contribution < -0.4 is 16.0 Å². The lowest BCUT2D eigenvalue weighted by molar-refractivity contribution is -0.117. The molecule has 1 aliphatic heterocycles. The summed E-state index contributed by atoms with van der Waals surface area (Å²) in [5.74, 6) is 0.250. The summed E-state index contributed by atoms with van der Waals surface area (Å²) in [6, 6.07) is 7.16. The van der Waals surface area contributed by atoms with Crippen molar-refractivity contribution in [3.8, 4) is 0 Å². The van der Waals surface area contributed by atoms with Gasteiger partial charge in [0.2, 0.25) is 5.91 Å². The Morgan fingerprint density at radius 2 is 2.18 bits per heavy atom. The van der Waals surface area contributed by atoms with Crippen molar-refractivity contribution >= 4 is 23.4 Å². The highest BCUT2D eigenvalue weighted by Crippen LogP contribution is 2.26. The van der Waals surface area contributed by atoms with E-state index in [9.17, 15) is 9.59 Å². The molecular formula is C16H23N3O3. The Morgan fingerprint density at radius 3 is 2.77 bits per heavy atom. The molecule has 6 nitrogen and oxygen atoms in total. The Bertz CT molecular complexity index is 566. The van der Waals surface area contributed by atoms with Gasteiger partial charge in [-0.1, -0.05) is 6.07 Å². The van der Waals surface area contributed by atoms with Crippen molar-refractivity contribution in [3.63, 3.8) is 0 Å². The zero-order valence-electron chi connectivity index (χ0n) is 13.3. The molecule has 0 bridgehead atoms. The first-order valence-corrected chi connectivity index (χ1v) is 7.39. The van der Waals surface area contributed by atoms with Gasteiger partial charge < -0.3 is 15.4 Å². The number of carbonyl (C=O) groups is 2. The largest absolute Gasteiger partial charge is 0.444 e. The molecule has 0 saturated carbocycles. The van der Waals surface area contributed by atoms with Crippen molar-refractivity contribution in [3.05, 3.63) is 24.3 Å². The average molecular weight is 305 g/mol. The highest BCUT2D eigenvalue weighted by molar-refractivity contribution is 5.96. The zero-order chi connectivity index (χ0) is 16.3. The van der Waals surface area contributed by atoms with Gasteiger partial charge in [0.1, 0.15) is 5.60 Å². The van der Waals surface area contributed by atoms with E-state index in [1.165, 1.54) is 0 Å². The Kier molecular flexibility index (Phi) is 4.71. The number of ether oxygens (including phenoxy) is 1. The topological polar surface area (TPSA) is 84.7 Å². The lowest BCUT2D eigenvalue weighted by Crippen LogP contribution is -2.28. The minimum atomic E-state index is -0.555. The molecule has 120 valence electrons. The maximum absolute atomic E-state index is 12.0. The third-order valence-corrected chi connectivity index (χ3v) is 3.34. The van der Waals surface area contributed by atoms with E-state index in [0.29, 0.717) is 25.2 Å². The Labute approximate surface area is 130 Å². The predicted molar refractivity (Wildman–Crippen MR) is 85.8 cm³/mol. The number of rotatable bonds is 3. The molecule has 0 spiro atoms. The molecule has 0 radical (unpaired) electrons. The summed E-state index contributed by atoms with van der Waals surface area (Å²) in [7, 11) is 0. The van der Waals surface area contributed by atoms with Crippen molar-refractivity contribution in [2.75, 3.05) is 23.3 Å². The molecule has 1 fully saturated rings. The highest BCUT2D eigenvalue weighted by Gasteiger charge is 2.29. The molecule has 2 rings (SSSR count). The van der Waals surface area contributed by atoms with Crippen LogP contribution in [0.3, 0.4) is 0 Å². The van der Waals surface area contributed by atoms with Crippen LogP contribution in [0.5, 0.6) is 0 Å². The van der Waals surface area contributed by atoms with Gasteiger partial charge in [0, 0.05) is 24.3 Å². The van der Waals surface area contributed by atoms with Crippen molar-refractivity contribution in [2.45, 2.75) is 32.8 Å². The number of carbonyl (C=O) groups excluding carboxylic acids is 2. The van der Waals surface area contributed by atoms with E-state index in [-0.39, 0.29) is 11.8 Å². The van der Waals surface area contributed by atoms with E-state index in [0.717, 1.165) is 5.69 Å². The molecule has 1 heterocycles. The highest BCUT2D eigenvalue weighted by atomic mass is 16.6. The quantitative estimate of drug-likeness (QED) is 0.897. The van der Waals surface area contributed by atoms with Crippen molar-refractivity contribution in [2.24, 2.45) is 11.7 Å². The van der Waals surface area contributed by atoms with Gasteiger partial charge in [0.25, 0.3) is 0 Å². The van der Waals surface area contributed by atoms with Gasteiger partial charge in [-0.05, 0) is 51.4 Å². The van der Waals surface area contributed by atoms with E-state index >= 15 is 0 Å². The van der Waals surface area contributed by atoms with Crippen LogP contribution in [0.2, 0.25) is 0 Å². The number of hydrogen-bond donors (Lipinski definition) is 2. The molecule has 1 unspecified atom stereocenters. The van der Waals surface area contributed by atoms with E-state index in [1.807, 2.05) is 6.07 Å². The number of amides is 2. The Hall–Kier alpha value is -2.08. The van der Waals surface area contributed by atoms with Gasteiger partial charge in [0.15, 0.2) is 0 Å². The van der Waals surface area contributed by atoms with E-state index in [4.69, 9.17) is 10.5 Å². The summed E-state index contributed by atoms with van der Waals surface area (Å²) in [6.07, 6.45) is -0.0440. The van der Waals surface area contributed by atoms with Gasteiger partial charge in [-0.15, -0.1) is 0 Å². The maximum Gasteiger partial charge on any atom is 0.412 e. The van der Waals surface area contributed by atoms with Gasteiger partial charge in [-0.25, -0.2) is 4.79 Å². The van der Waals surface area contributed by atoms with Crippen LogP contribution in [0.4, 0.5) is 16.2 Å². The second-order valence-corrected chi connectivity index (χ2v) is 6.49. The van der Waals surface area contributed by atoms with Crippen LogP contribution in [0.15, 0.2) is 24.3 Å². The third-order valence-electron chi connectivity index (χ3n) is 3.34. The molecule has 1 aliphatic rings. The fourth-order valence-electron chi connectivity index (χ4n) is 2.36. The first-order chi connectivity index (χ1) is 10.3. The Balaban J connectivity index is 2.07. The summed E-state index contributed by atoms with van der Waals surface area (Å²) in [5, 5.41) is 2.68. The fraction of sp³-hybridized carbons (Fsp3) is 0.500. The van der Waals surface area contributed by atoms with E-state index in [2.05, 4.69) is 5.32 Å². The monoisotopic (exact) mass is 305 g/mol. The molecule has 1 aromatic carbocycles. The molecule has 22 heavy (non-hydrogen) atoms. The molecule has 1 aromatic rings. The number of nitrogens with one attached hydrogen (secondary N) is 1. The molecule has 6 heteroatoms. The first kappa shape index (κ1) is 16.3. The van der Waals surface area contributed by atoms with Crippen LogP contribution in [0.1, 0.15) is 27.2 Å². The van der Waals surface area contributed by atoms with Crippen molar-refractivity contribution in [1.82, 2.24) is 0 Å². The van der Waals surface area contributed by atoms with Crippen LogP contribution in [0.25, 0.3) is 0 Å². The van der Waals surface area contributed by atoms with Crippen molar-refractivity contribution < 1.29 is 14.3 Å². The molecule has 1 saturated heterocycles. The van der Waals surface area contributed by atoms with Crippen LogP contribution in [-0.2, 0) is 9.53 Å². The normalized spacial score (nSPS) is 18.5. The minimum absolute atomic E-state index is 0.0601. The van der Waals surface area contributed by atoms with Crippen LogP contribution in [-0.4, -0.2) is 30.7 Å². The minimum Gasteiger partial charge on any atom is -0.444 e. The average Bonchev–Trinajstić information content (AvgIpc) is 2.78. The van der Waals surface area contributed by atoms with Gasteiger partial charge >= 0.3 is 6.09 Å². The maximum atomic E-state index is 12.0. The lowest BCUT2D eigenvalue weighted by Gasteiger charge is -2.21. The molecule has 2 amide bonds. The first-order valence-electron chi connectivity index (χ1n) is 7.39. The van der Waals surface area contributed by atoms with Crippen LogP contribution >= 0.6 is 0 Å². The molecular weight excluding hydrogens is 282 g/mol. The van der Waals surface area contributed by atoms with Gasteiger partial charge in [0.05, 0.1) is 0 Å². The molecule has 1 atom stereocenters. The predicted octanol–water partition coefficient (Wildman–Crippen LogP) is 2.35. The third kappa shape index (κ3) is 4.21. The lowest BCUT2D eigenvalue weighted by atomic mass is 10.1. The van der Waals surface area contributed by atoms with Gasteiger partial charge in [-0.2, -0.15) is 0 Å². The fourth-order valence-corrected chi connectivity index (χ4v) is 2.36. The zero-order valence-corrected chi connectivity index (χ0v) is 13.3. The molecule has 0 aliphatic carbocycles. The smallest absolute Gasteiger partial charge is 0.412 e. The van der Waals surface area contributed by atoms with Crippen molar-refractivity contribution in [1.29, 1.82) is 0 Å². The number of anilines is 2. The number of hydrogen-bond acceptors (Lipinski definition) is 4. The Morgan fingerprint density at radius 1 is 1.45 bits per heavy atom. The van der Waals surface area contributed by atoms with Crippen LogP contribution in [0, 0.1) is 5.92 Å². The molecule has 3 N–H and O–H groups in total. The second-order valence-electron chi connectivity index (χ2n) is 6.49. The summed E-state index contributed by atoms with van der Waals surface area (Å²) >= 11 is 0. The number of nitrogens with two attached hydrogens (primary N) is 1.